The van der Waals surface area contributed by atoms with Gasteiger partial charge in [-0.25, -0.2) is 14.2 Å². The molecule has 0 atom stereocenters. The Morgan fingerprint density at radius 2 is 2.07 bits per heavy atom. The van der Waals surface area contributed by atoms with Gasteiger partial charge in [-0.3, -0.25) is 0 Å². The maximum atomic E-state index is 13.4. The molecule has 1 saturated heterocycles. The molecule has 2 N–H and O–H groups in total. The first-order valence-electron chi connectivity index (χ1n) is 9.33. The molecular weight excluding hydrogens is 347 g/mol. The molecule has 1 aliphatic heterocycles. The lowest BCUT2D eigenvalue weighted by Crippen LogP contribution is -2.33. The van der Waals surface area contributed by atoms with Crippen molar-refractivity contribution in [3.63, 3.8) is 0 Å². The molecule has 2 heterocycles. The summed E-state index contributed by atoms with van der Waals surface area (Å²) in [5.74, 6) is 0.822. The molecule has 0 aliphatic carbocycles. The average molecular weight is 372 g/mol. The molecule has 0 radical (unpaired) electrons. The van der Waals surface area contributed by atoms with Crippen LogP contribution in [0.4, 0.5) is 20.7 Å². The van der Waals surface area contributed by atoms with Crippen molar-refractivity contribution in [3.05, 3.63) is 47.9 Å². The van der Waals surface area contributed by atoms with Crippen LogP contribution in [0.2, 0.25) is 0 Å². The van der Waals surface area contributed by atoms with E-state index < -0.39 is 5.82 Å². The molecule has 0 bridgehead atoms. The second-order valence-corrected chi connectivity index (χ2v) is 6.42. The Hall–Kier alpha value is -2.83. The van der Waals surface area contributed by atoms with Crippen LogP contribution in [0.1, 0.15) is 31.7 Å². The molecule has 1 aliphatic rings. The maximum Gasteiger partial charge on any atom is 0.319 e. The van der Waals surface area contributed by atoms with Gasteiger partial charge in [0.05, 0.1) is 12.3 Å². The second kappa shape index (κ2) is 9.21. The minimum atomic E-state index is -0.411. The van der Waals surface area contributed by atoms with Crippen molar-refractivity contribution in [1.29, 1.82) is 0 Å². The zero-order valence-corrected chi connectivity index (χ0v) is 15.5. The Balaban J connectivity index is 1.63. The Morgan fingerprint density at radius 3 is 2.85 bits per heavy atom. The number of amides is 2. The highest BCUT2D eigenvalue weighted by molar-refractivity contribution is 5.90. The number of benzene rings is 1. The number of nitrogens with one attached hydrogen (secondary N) is 2. The summed E-state index contributed by atoms with van der Waals surface area (Å²) in [4.78, 5) is 19.1. The number of aromatic nitrogens is 1. The van der Waals surface area contributed by atoms with Gasteiger partial charge in [0.2, 0.25) is 0 Å². The summed E-state index contributed by atoms with van der Waals surface area (Å²) in [5, 5.41) is 5.56. The molecule has 2 amide bonds. The lowest BCUT2D eigenvalue weighted by Gasteiger charge is -2.29. The van der Waals surface area contributed by atoms with E-state index in [1.54, 1.807) is 13.1 Å². The molecule has 1 aromatic carbocycles. The molecule has 2 aromatic rings. The van der Waals surface area contributed by atoms with E-state index in [1.807, 2.05) is 12.1 Å². The van der Waals surface area contributed by atoms with Crippen LogP contribution in [0.15, 0.2) is 36.5 Å². The van der Waals surface area contributed by atoms with Crippen molar-refractivity contribution < 1.29 is 13.9 Å². The molecule has 27 heavy (non-hydrogen) atoms. The van der Waals surface area contributed by atoms with Crippen LogP contribution in [-0.4, -0.2) is 30.7 Å². The normalized spacial score (nSPS) is 13.9. The van der Waals surface area contributed by atoms with Crippen molar-refractivity contribution in [2.45, 2.75) is 32.7 Å². The van der Waals surface area contributed by atoms with E-state index in [-0.39, 0.29) is 6.03 Å². The Kier molecular flexibility index (Phi) is 6.46. The van der Waals surface area contributed by atoms with Crippen molar-refractivity contribution in [2.24, 2.45) is 0 Å². The number of piperidine rings is 1. The van der Waals surface area contributed by atoms with Gasteiger partial charge < -0.3 is 20.3 Å². The summed E-state index contributed by atoms with van der Waals surface area (Å²) >= 11 is 0. The Bertz CT molecular complexity index is 778. The van der Waals surface area contributed by atoms with E-state index in [2.05, 4.69) is 20.5 Å². The van der Waals surface area contributed by atoms with Gasteiger partial charge in [-0.2, -0.15) is 0 Å². The maximum absolute atomic E-state index is 13.4. The van der Waals surface area contributed by atoms with Crippen LogP contribution in [-0.2, 0) is 6.54 Å². The lowest BCUT2D eigenvalue weighted by atomic mass is 10.1. The van der Waals surface area contributed by atoms with E-state index in [0.29, 0.717) is 24.6 Å². The van der Waals surface area contributed by atoms with Gasteiger partial charge in [-0.1, -0.05) is 6.07 Å². The fourth-order valence-electron chi connectivity index (χ4n) is 3.18. The van der Waals surface area contributed by atoms with E-state index >= 15 is 0 Å². The van der Waals surface area contributed by atoms with Crippen LogP contribution in [0, 0.1) is 5.82 Å². The molecule has 3 rings (SSSR count). The number of nitrogens with zero attached hydrogens (tertiary/aromatic N) is 2. The first kappa shape index (κ1) is 18.9. The topological polar surface area (TPSA) is 66.5 Å². The summed E-state index contributed by atoms with van der Waals surface area (Å²) in [6.45, 7) is 4.53. The molecule has 7 heteroatoms. The van der Waals surface area contributed by atoms with Crippen molar-refractivity contribution in [3.8, 4) is 5.75 Å². The Labute approximate surface area is 158 Å². The van der Waals surface area contributed by atoms with Gasteiger partial charge in [-0.05, 0) is 44.4 Å². The standard InChI is InChI=1S/C20H25FN4O2/c1-2-27-18-13-16(21)8-9-17(18)24-20(26)23-14-15-7-6-10-22-19(15)25-11-4-3-5-12-25/h6-10,13H,2-5,11-12,14H2,1H3,(H2,23,24,26). The zero-order valence-electron chi connectivity index (χ0n) is 15.5. The molecule has 6 nitrogen and oxygen atoms in total. The highest BCUT2D eigenvalue weighted by Crippen LogP contribution is 2.25. The number of ether oxygens (including phenoxy) is 1. The van der Waals surface area contributed by atoms with Crippen LogP contribution >= 0.6 is 0 Å². The van der Waals surface area contributed by atoms with Crippen molar-refractivity contribution in [1.82, 2.24) is 10.3 Å². The minimum Gasteiger partial charge on any atom is -0.492 e. The summed E-state index contributed by atoms with van der Waals surface area (Å²) in [7, 11) is 0. The van der Waals surface area contributed by atoms with Gasteiger partial charge in [0.15, 0.2) is 0 Å². The van der Waals surface area contributed by atoms with Gasteiger partial charge in [0.1, 0.15) is 17.4 Å². The lowest BCUT2D eigenvalue weighted by molar-refractivity contribution is 0.251. The van der Waals surface area contributed by atoms with Gasteiger partial charge in [0, 0.05) is 37.5 Å². The quantitative estimate of drug-likeness (QED) is 0.806. The first-order valence-corrected chi connectivity index (χ1v) is 9.33. The summed E-state index contributed by atoms with van der Waals surface area (Å²) in [6.07, 6.45) is 5.35. The van der Waals surface area contributed by atoms with E-state index in [0.717, 1.165) is 37.3 Å². The summed E-state index contributed by atoms with van der Waals surface area (Å²) in [5.41, 5.74) is 1.40. The molecule has 1 fully saturated rings. The summed E-state index contributed by atoms with van der Waals surface area (Å²) in [6, 6.07) is 7.50. The number of hydrogen-bond donors (Lipinski definition) is 2. The number of halogens is 1. The van der Waals surface area contributed by atoms with E-state index in [9.17, 15) is 9.18 Å². The second-order valence-electron chi connectivity index (χ2n) is 6.42. The van der Waals surface area contributed by atoms with E-state index in [1.165, 1.54) is 24.6 Å². The van der Waals surface area contributed by atoms with Gasteiger partial charge in [-0.15, -0.1) is 0 Å². The molecule has 0 saturated carbocycles. The van der Waals surface area contributed by atoms with Gasteiger partial charge in [0.25, 0.3) is 0 Å². The molecule has 144 valence electrons. The van der Waals surface area contributed by atoms with E-state index in [4.69, 9.17) is 4.74 Å². The average Bonchev–Trinajstić information content (AvgIpc) is 2.69. The molecule has 0 spiro atoms. The monoisotopic (exact) mass is 372 g/mol. The van der Waals surface area contributed by atoms with Crippen LogP contribution < -0.4 is 20.3 Å². The predicted octanol–water partition coefficient (Wildman–Crippen LogP) is 3.93. The third kappa shape index (κ3) is 5.09. The predicted molar refractivity (Wildman–Crippen MR) is 104 cm³/mol. The Morgan fingerprint density at radius 1 is 1.26 bits per heavy atom. The van der Waals surface area contributed by atoms with Crippen LogP contribution in [0.5, 0.6) is 5.75 Å². The number of rotatable bonds is 6. The third-order valence-corrected chi connectivity index (χ3v) is 4.45. The first-order chi connectivity index (χ1) is 13.2. The number of carbonyl (C=O) groups is 1. The number of anilines is 2. The van der Waals surface area contributed by atoms with Gasteiger partial charge >= 0.3 is 6.03 Å². The summed E-state index contributed by atoms with van der Waals surface area (Å²) < 4.78 is 18.8. The SMILES string of the molecule is CCOc1cc(F)ccc1NC(=O)NCc1cccnc1N1CCCCC1. The number of urea groups is 1. The zero-order chi connectivity index (χ0) is 19.1. The van der Waals surface area contributed by atoms with Crippen LogP contribution in [0.25, 0.3) is 0 Å². The highest BCUT2D eigenvalue weighted by atomic mass is 19.1. The fourth-order valence-corrected chi connectivity index (χ4v) is 3.18. The highest BCUT2D eigenvalue weighted by Gasteiger charge is 2.16. The minimum absolute atomic E-state index is 0.308. The van der Waals surface area contributed by atoms with Crippen molar-refractivity contribution in [2.75, 3.05) is 29.9 Å². The van der Waals surface area contributed by atoms with Crippen molar-refractivity contribution >= 4 is 17.5 Å². The molecular formula is C20H25FN4O2. The number of pyridine rings is 1. The number of carbonyl (C=O) groups excluding carboxylic acids is 1. The molecule has 0 unspecified atom stereocenters. The molecule has 1 aromatic heterocycles. The smallest absolute Gasteiger partial charge is 0.319 e. The number of hydrogen-bond acceptors (Lipinski definition) is 4. The largest absolute Gasteiger partial charge is 0.492 e. The van der Waals surface area contributed by atoms with Crippen LogP contribution in [0.3, 0.4) is 0 Å². The third-order valence-electron chi connectivity index (χ3n) is 4.45. The fraction of sp³-hybridized carbons (Fsp3) is 0.400.